The van der Waals surface area contributed by atoms with Gasteiger partial charge in [0.25, 0.3) is 0 Å². The third kappa shape index (κ3) is 22.1. The molecule has 0 N–H and O–H groups in total. The number of hydrogen-bond donors (Lipinski definition) is 0. The van der Waals surface area contributed by atoms with Crippen molar-refractivity contribution >= 4 is 40.5 Å². The van der Waals surface area contributed by atoms with E-state index >= 15 is 0 Å². The summed E-state index contributed by atoms with van der Waals surface area (Å²) < 4.78 is 236. The van der Waals surface area contributed by atoms with Crippen LogP contribution in [-0.4, -0.2) is 73.9 Å². The molecule has 33 heavy (non-hydrogen) atoms. The molecule has 0 fully saturated rings. The van der Waals surface area contributed by atoms with Gasteiger partial charge in [0.05, 0.1) is 0 Å². The summed E-state index contributed by atoms with van der Waals surface area (Å²) in [7, 11) is -24.4. The second kappa shape index (κ2) is 13.2. The fourth-order valence-corrected chi connectivity index (χ4v) is 0. The van der Waals surface area contributed by atoms with Crippen molar-refractivity contribution in [2.24, 2.45) is 0 Å². The minimum atomic E-state index is -6.09. The summed E-state index contributed by atoms with van der Waals surface area (Å²) in [6.45, 7) is 0. The summed E-state index contributed by atoms with van der Waals surface area (Å²) in [6.07, 6.45) is 0. The molecule has 0 amide bonds. The largest absolute Gasteiger partial charge is 4.00 e. The quantitative estimate of drug-likeness (QED) is 0.181. The van der Waals surface area contributed by atoms with E-state index in [1.807, 2.05) is 0 Å². The minimum Gasteiger partial charge on any atom is -0.741 e. The Labute approximate surface area is 197 Å². The van der Waals surface area contributed by atoms with Gasteiger partial charge in [0.15, 0.2) is 40.5 Å². The molecule has 0 aromatic rings. The van der Waals surface area contributed by atoms with Crippen molar-refractivity contribution in [3.05, 3.63) is 0 Å². The first-order valence-corrected chi connectivity index (χ1v) is 10.7. The molecule has 0 aliphatic carbocycles. The zero-order chi connectivity index (χ0) is 28.0. The van der Waals surface area contributed by atoms with Gasteiger partial charge in [-0.25, -0.2) is 33.7 Å². The van der Waals surface area contributed by atoms with E-state index < -0.39 is 62.5 Å². The normalized spacial score (nSPS) is 13.6. The van der Waals surface area contributed by atoms with Crippen LogP contribution in [0.5, 0.6) is 0 Å². The molecule has 29 heteroatoms. The summed E-state index contributed by atoms with van der Waals surface area (Å²) in [6, 6.07) is 0. The van der Waals surface area contributed by atoms with Crippen LogP contribution in [0.3, 0.4) is 0 Å². The van der Waals surface area contributed by atoms with E-state index in [-0.39, 0.29) is 31.1 Å². The molecule has 0 rings (SSSR count). The summed E-state index contributed by atoms with van der Waals surface area (Å²) >= 11 is 0. The smallest absolute Gasteiger partial charge is 0.741 e. The Morgan fingerprint density at radius 2 is 0.364 bits per heavy atom. The first-order valence-electron chi connectivity index (χ1n) is 5.08. The van der Waals surface area contributed by atoms with E-state index in [1.165, 1.54) is 0 Å². The fourth-order valence-electron chi connectivity index (χ4n) is 0. The predicted octanol–water partition coefficient (Wildman–Crippen LogP) is 0.206. The van der Waals surface area contributed by atoms with Crippen LogP contribution < -0.4 is 0 Å². The van der Waals surface area contributed by atoms with E-state index in [0.717, 1.165) is 0 Å². The van der Waals surface area contributed by atoms with Crippen molar-refractivity contribution in [2.75, 3.05) is 0 Å². The second-order valence-corrected chi connectivity index (χ2v) is 9.08. The molecule has 0 saturated heterocycles. The third-order valence-corrected chi connectivity index (χ3v) is 3.40. The van der Waals surface area contributed by atoms with E-state index in [9.17, 15) is 52.7 Å². The maximum absolute atomic E-state index is 10.7. The monoisotopic (exact) mass is 834 g/mol. The molecule has 0 aromatic carbocycles. The Morgan fingerprint density at radius 1 is 0.333 bits per heavy atom. The average Bonchev–Trinajstić information content (AvgIpc) is 2.30. The number of alkyl halides is 12. The molecule has 0 unspecified atom stereocenters. The first-order chi connectivity index (χ1) is 13.0. The van der Waals surface area contributed by atoms with Gasteiger partial charge in [-0.05, 0) is 0 Å². The zero-order valence-electron chi connectivity index (χ0n) is 13.6. The second-order valence-electron chi connectivity index (χ2n) is 3.60. The van der Waals surface area contributed by atoms with Gasteiger partial charge in [-0.1, -0.05) is 0 Å². The van der Waals surface area contributed by atoms with E-state index in [0.29, 0.717) is 0 Å². The zero-order valence-corrected chi connectivity index (χ0v) is 21.0. The molecule has 0 saturated carbocycles. The van der Waals surface area contributed by atoms with Gasteiger partial charge in [0, 0.05) is 0 Å². The van der Waals surface area contributed by atoms with Crippen molar-refractivity contribution in [1.29, 1.82) is 0 Å². The third-order valence-electron chi connectivity index (χ3n) is 1.13. The predicted molar refractivity (Wildman–Crippen MR) is 63.0 cm³/mol. The summed E-state index contributed by atoms with van der Waals surface area (Å²) in [4.78, 5) is 0. The van der Waals surface area contributed by atoms with Crippen LogP contribution in [0.15, 0.2) is 0 Å². The molecule has 0 spiro atoms. The molecule has 0 radical (unpaired) electrons. The van der Waals surface area contributed by atoms with E-state index in [2.05, 4.69) is 0 Å². The maximum atomic E-state index is 10.7. The number of rotatable bonds is 0. The Bertz CT molecular complexity index is 828. The van der Waals surface area contributed by atoms with Crippen LogP contribution in [-0.2, 0) is 40.5 Å². The SMILES string of the molecule is O=S(=O)([O-])C(F)(F)F.O=S(=O)([O-])C(F)(F)F.O=S(=O)([O-])C(F)(F)F.O=S(=O)([O-])C(F)(F)F.[U+4]. The topological polar surface area (TPSA) is 229 Å². The molecular formula is C4F12O12S4U. The molecule has 0 heterocycles. The standard InChI is InChI=1S/4CHF3O3S.U/c4*2-1(3,4)8(5,6)7;/h4*(H,5,6,7);/q;;;;+4/p-4. The van der Waals surface area contributed by atoms with Crippen LogP contribution in [0, 0.1) is 31.1 Å². The van der Waals surface area contributed by atoms with Crippen LogP contribution in [0.1, 0.15) is 0 Å². The Hall–Kier alpha value is -0.148. The summed E-state index contributed by atoms with van der Waals surface area (Å²) in [5, 5.41) is 0. The van der Waals surface area contributed by atoms with Gasteiger partial charge in [0.1, 0.15) is 0 Å². The Kier molecular flexibility index (Phi) is 17.2. The van der Waals surface area contributed by atoms with Crippen molar-refractivity contribution < 1.29 is 136 Å². The molecule has 0 aliphatic rings. The molecule has 0 atom stereocenters. The number of hydrogen-bond acceptors (Lipinski definition) is 12. The Balaban J connectivity index is -0.000000105. The van der Waals surface area contributed by atoms with Gasteiger partial charge in [0.2, 0.25) is 0 Å². The fraction of sp³-hybridized carbons (Fsp3) is 1.00. The van der Waals surface area contributed by atoms with Crippen molar-refractivity contribution in [2.45, 2.75) is 22.0 Å². The molecule has 12 nitrogen and oxygen atoms in total. The summed E-state index contributed by atoms with van der Waals surface area (Å²) in [5.74, 6) is 0. The minimum absolute atomic E-state index is 0. The molecule has 0 aliphatic heterocycles. The van der Waals surface area contributed by atoms with Crippen molar-refractivity contribution in [3.8, 4) is 0 Å². The van der Waals surface area contributed by atoms with E-state index in [4.69, 9.17) is 51.9 Å². The van der Waals surface area contributed by atoms with Gasteiger partial charge in [-0.2, -0.15) is 52.7 Å². The molecule has 0 bridgehead atoms. The van der Waals surface area contributed by atoms with Gasteiger partial charge in [-0.3, -0.25) is 0 Å². The van der Waals surface area contributed by atoms with Gasteiger partial charge >= 0.3 is 53.1 Å². The van der Waals surface area contributed by atoms with Gasteiger partial charge in [-0.15, -0.1) is 0 Å². The summed E-state index contributed by atoms with van der Waals surface area (Å²) in [5.41, 5.74) is -22.6. The van der Waals surface area contributed by atoms with Crippen LogP contribution in [0.25, 0.3) is 0 Å². The van der Waals surface area contributed by atoms with E-state index in [1.54, 1.807) is 0 Å². The first kappa shape index (κ1) is 43.0. The molecule has 200 valence electrons. The van der Waals surface area contributed by atoms with Crippen LogP contribution in [0.4, 0.5) is 52.7 Å². The van der Waals surface area contributed by atoms with Crippen molar-refractivity contribution in [3.63, 3.8) is 0 Å². The van der Waals surface area contributed by atoms with Crippen molar-refractivity contribution in [1.82, 2.24) is 0 Å². The Morgan fingerprint density at radius 3 is 0.364 bits per heavy atom. The maximum Gasteiger partial charge on any atom is 4.00 e. The van der Waals surface area contributed by atoms with Gasteiger partial charge < -0.3 is 18.2 Å². The van der Waals surface area contributed by atoms with Crippen LogP contribution in [0.2, 0.25) is 0 Å². The molecular weight excluding hydrogens is 834 g/mol. The molecule has 0 aromatic heterocycles. The van der Waals surface area contributed by atoms with Crippen LogP contribution >= 0.6 is 0 Å². The number of halogens is 12. The average molecular weight is 834 g/mol.